The molecule has 4 heterocycles. The Kier molecular flexibility index (Phi) is 5.50. The number of carbonyl (C=O) groups excluding carboxylic acids is 1. The molecule has 1 unspecified atom stereocenters. The van der Waals surface area contributed by atoms with E-state index in [-0.39, 0.29) is 30.0 Å². The van der Waals surface area contributed by atoms with Gasteiger partial charge in [0.2, 0.25) is 0 Å². The highest BCUT2D eigenvalue weighted by Crippen LogP contribution is 2.38. The predicted octanol–water partition coefficient (Wildman–Crippen LogP) is 2.94. The summed E-state index contributed by atoms with van der Waals surface area (Å²) in [6.07, 6.45) is 1.90. The van der Waals surface area contributed by atoms with Crippen molar-refractivity contribution in [2.75, 3.05) is 34.0 Å². The van der Waals surface area contributed by atoms with Gasteiger partial charge in [-0.05, 0) is 43.2 Å². The molecule has 2 aliphatic rings. The number of nitrogens with one attached hydrogen (secondary N) is 1. The largest absolute Gasteiger partial charge is 0.496 e. The quantitative estimate of drug-likeness (QED) is 0.623. The third-order valence-electron chi connectivity index (χ3n) is 6.91. The fraction of sp³-hybridized carbons (Fsp3) is 0.440. The summed E-state index contributed by atoms with van der Waals surface area (Å²) >= 11 is 0. The van der Waals surface area contributed by atoms with Crippen LogP contribution in [0.2, 0.25) is 0 Å². The molecule has 8 heteroatoms. The van der Waals surface area contributed by atoms with E-state index in [2.05, 4.69) is 21.7 Å². The molecule has 8 nitrogen and oxygen atoms in total. The number of pyridine rings is 1. The van der Waals surface area contributed by atoms with Gasteiger partial charge < -0.3 is 28.7 Å². The number of carbonyl (C=O) groups is 1. The summed E-state index contributed by atoms with van der Waals surface area (Å²) in [4.78, 5) is 31.2. The van der Waals surface area contributed by atoms with Crippen LogP contribution in [0.5, 0.6) is 5.75 Å². The molecule has 0 spiro atoms. The molecule has 1 amide bonds. The van der Waals surface area contributed by atoms with Crippen molar-refractivity contribution in [1.82, 2.24) is 14.5 Å². The van der Waals surface area contributed by atoms with Crippen molar-refractivity contribution in [2.24, 2.45) is 5.92 Å². The Balaban J connectivity index is 1.60. The van der Waals surface area contributed by atoms with E-state index in [1.165, 1.54) is 0 Å². The zero-order valence-electron chi connectivity index (χ0n) is 19.4. The number of aromatic amines is 1. The first kappa shape index (κ1) is 21.7. The molecule has 0 saturated carbocycles. The van der Waals surface area contributed by atoms with Gasteiger partial charge in [-0.3, -0.25) is 9.59 Å². The minimum atomic E-state index is -0.233. The Hall–Kier alpha value is -3.10. The van der Waals surface area contributed by atoms with E-state index in [9.17, 15) is 9.59 Å². The van der Waals surface area contributed by atoms with Crippen LogP contribution >= 0.6 is 0 Å². The molecule has 2 aliphatic heterocycles. The Bertz CT molecular complexity index is 1290. The number of benzene rings is 1. The fourth-order valence-electron chi connectivity index (χ4n) is 5.09. The molecule has 1 N–H and O–H groups in total. The van der Waals surface area contributed by atoms with Crippen LogP contribution in [0, 0.1) is 19.8 Å². The van der Waals surface area contributed by atoms with Crippen LogP contribution < -0.4 is 10.3 Å². The molecular weight excluding hydrogens is 422 g/mol. The SMILES string of the molecule is COc1cc(C)[nH]c(=O)c1CN1CCn2ccc3cc(C(OC)C4COC4)c(C)c(c32)C1=O. The monoisotopic (exact) mass is 451 g/mol. The number of hydrogen-bond acceptors (Lipinski definition) is 5. The molecule has 2 aromatic heterocycles. The average molecular weight is 452 g/mol. The highest BCUT2D eigenvalue weighted by atomic mass is 16.5. The maximum absolute atomic E-state index is 13.9. The van der Waals surface area contributed by atoms with E-state index in [1.807, 2.05) is 20.0 Å². The Morgan fingerprint density at radius 2 is 1.97 bits per heavy atom. The first-order valence-corrected chi connectivity index (χ1v) is 11.2. The van der Waals surface area contributed by atoms with Crippen molar-refractivity contribution in [3.05, 3.63) is 62.7 Å². The number of rotatable bonds is 6. The molecule has 1 aromatic carbocycles. The number of aromatic nitrogens is 2. The van der Waals surface area contributed by atoms with Crippen LogP contribution in [0.15, 0.2) is 29.2 Å². The summed E-state index contributed by atoms with van der Waals surface area (Å²) in [6, 6.07) is 5.99. The number of amides is 1. The van der Waals surface area contributed by atoms with Crippen LogP contribution in [0.1, 0.15) is 38.8 Å². The maximum Gasteiger partial charge on any atom is 0.256 e. The number of ether oxygens (including phenoxy) is 3. The summed E-state index contributed by atoms with van der Waals surface area (Å²) in [5.74, 6) is 0.680. The average Bonchev–Trinajstić information content (AvgIpc) is 3.09. The summed E-state index contributed by atoms with van der Waals surface area (Å²) in [7, 11) is 3.25. The second kappa shape index (κ2) is 8.35. The minimum Gasteiger partial charge on any atom is -0.496 e. The lowest BCUT2D eigenvalue weighted by molar-refractivity contribution is -0.105. The van der Waals surface area contributed by atoms with Gasteiger partial charge in [0, 0.05) is 43.4 Å². The van der Waals surface area contributed by atoms with Gasteiger partial charge in [0.15, 0.2) is 0 Å². The van der Waals surface area contributed by atoms with Gasteiger partial charge in [-0.1, -0.05) is 0 Å². The smallest absolute Gasteiger partial charge is 0.256 e. The molecule has 0 radical (unpaired) electrons. The molecule has 1 fully saturated rings. The van der Waals surface area contributed by atoms with Gasteiger partial charge in [0.25, 0.3) is 11.5 Å². The first-order valence-electron chi connectivity index (χ1n) is 11.2. The van der Waals surface area contributed by atoms with Gasteiger partial charge in [0.1, 0.15) is 5.75 Å². The van der Waals surface area contributed by atoms with Crippen LogP contribution in [0.25, 0.3) is 10.9 Å². The second-order valence-corrected chi connectivity index (χ2v) is 8.92. The van der Waals surface area contributed by atoms with Gasteiger partial charge in [-0.15, -0.1) is 0 Å². The number of aryl methyl sites for hydroxylation is 1. The minimum absolute atomic E-state index is 0.0847. The third-order valence-corrected chi connectivity index (χ3v) is 6.91. The highest BCUT2D eigenvalue weighted by molar-refractivity contribution is 6.08. The summed E-state index contributed by atoms with van der Waals surface area (Å²) in [5, 5.41) is 1.02. The van der Waals surface area contributed by atoms with Crippen molar-refractivity contribution in [3.63, 3.8) is 0 Å². The normalized spacial score (nSPS) is 17.2. The van der Waals surface area contributed by atoms with Crippen molar-refractivity contribution in [3.8, 4) is 5.75 Å². The number of methoxy groups -OCH3 is 2. The highest BCUT2D eigenvalue weighted by Gasteiger charge is 2.34. The molecule has 1 atom stereocenters. The molecule has 3 aromatic rings. The Morgan fingerprint density at radius 1 is 1.18 bits per heavy atom. The van der Waals surface area contributed by atoms with Crippen molar-refractivity contribution in [1.29, 1.82) is 0 Å². The Labute approximate surface area is 192 Å². The number of hydrogen-bond donors (Lipinski definition) is 1. The number of nitrogens with zero attached hydrogens (tertiary/aromatic N) is 2. The first-order chi connectivity index (χ1) is 15.9. The molecular formula is C25H29N3O5. The Morgan fingerprint density at radius 3 is 2.64 bits per heavy atom. The standard InChI is InChI=1S/C25H29N3O5/c1-14-9-20(31-3)19(24(29)26-14)11-28-8-7-27-6-5-16-10-18(23(32-4)17-12-33-13-17)15(2)21(22(16)27)25(28)30/h5-6,9-10,17,23H,7-8,11-13H2,1-4H3,(H,26,29). The lowest BCUT2D eigenvalue weighted by Gasteiger charge is -2.34. The van der Waals surface area contributed by atoms with E-state index in [0.717, 1.165) is 27.7 Å². The maximum atomic E-state index is 13.9. The van der Waals surface area contributed by atoms with Gasteiger partial charge in [0.05, 0.1) is 49.6 Å². The number of H-pyrrole nitrogens is 1. The van der Waals surface area contributed by atoms with E-state index in [1.54, 1.807) is 25.2 Å². The van der Waals surface area contributed by atoms with E-state index < -0.39 is 0 Å². The summed E-state index contributed by atoms with van der Waals surface area (Å²) in [5.41, 5.74) is 4.49. The van der Waals surface area contributed by atoms with Crippen LogP contribution in [-0.2, 0) is 22.6 Å². The molecule has 33 heavy (non-hydrogen) atoms. The summed E-state index contributed by atoms with van der Waals surface area (Å²) in [6.45, 7) is 6.43. The lowest BCUT2D eigenvalue weighted by atomic mass is 9.88. The van der Waals surface area contributed by atoms with E-state index in [4.69, 9.17) is 14.2 Å². The van der Waals surface area contributed by atoms with Crippen LogP contribution in [0.4, 0.5) is 0 Å². The van der Waals surface area contributed by atoms with Gasteiger partial charge in [-0.25, -0.2) is 0 Å². The van der Waals surface area contributed by atoms with Crippen molar-refractivity contribution >= 4 is 16.8 Å². The van der Waals surface area contributed by atoms with Crippen molar-refractivity contribution < 1.29 is 19.0 Å². The molecule has 5 rings (SSSR count). The molecule has 0 bridgehead atoms. The van der Waals surface area contributed by atoms with Crippen LogP contribution in [-0.4, -0.2) is 54.3 Å². The third kappa shape index (κ3) is 3.54. The van der Waals surface area contributed by atoms with Crippen LogP contribution in [0.3, 0.4) is 0 Å². The van der Waals surface area contributed by atoms with E-state index >= 15 is 0 Å². The fourth-order valence-corrected chi connectivity index (χ4v) is 5.09. The van der Waals surface area contributed by atoms with Gasteiger partial charge >= 0.3 is 0 Å². The molecule has 174 valence electrons. The predicted molar refractivity (Wildman–Crippen MR) is 124 cm³/mol. The second-order valence-electron chi connectivity index (χ2n) is 8.92. The van der Waals surface area contributed by atoms with Crippen molar-refractivity contribution in [2.45, 2.75) is 33.0 Å². The summed E-state index contributed by atoms with van der Waals surface area (Å²) < 4.78 is 18.9. The molecule has 1 saturated heterocycles. The topological polar surface area (TPSA) is 85.8 Å². The molecule has 0 aliphatic carbocycles. The van der Waals surface area contributed by atoms with Gasteiger partial charge in [-0.2, -0.15) is 0 Å². The lowest BCUT2D eigenvalue weighted by Crippen LogP contribution is -2.36. The zero-order chi connectivity index (χ0) is 23.3. The van der Waals surface area contributed by atoms with E-state index in [0.29, 0.717) is 43.2 Å². The zero-order valence-corrected chi connectivity index (χ0v) is 19.4.